The lowest BCUT2D eigenvalue weighted by Gasteiger charge is -2.45. The maximum absolute atomic E-state index is 9.69. The van der Waals surface area contributed by atoms with Crippen molar-refractivity contribution in [3.63, 3.8) is 0 Å². The van der Waals surface area contributed by atoms with Gasteiger partial charge in [-0.05, 0) is 31.5 Å². The number of hydrogen-bond acceptors (Lipinski definition) is 3. The van der Waals surface area contributed by atoms with Crippen LogP contribution < -0.4 is 4.90 Å². The van der Waals surface area contributed by atoms with Crippen LogP contribution in [0.2, 0.25) is 0 Å². The van der Waals surface area contributed by atoms with Gasteiger partial charge in [0.25, 0.3) is 0 Å². The standard InChI is InChI=1S/C16H26N2O/c1-12(2)15-7-5-6-8-16(15)18-9-13(3)17(4)10-14(18)11-19/h5-8,12-14,19H,9-11H2,1-4H3. The first kappa shape index (κ1) is 14.4. The largest absolute Gasteiger partial charge is 0.394 e. The van der Waals surface area contributed by atoms with Crippen LogP contribution in [0.15, 0.2) is 24.3 Å². The molecule has 0 radical (unpaired) electrons. The van der Waals surface area contributed by atoms with Gasteiger partial charge in [-0.25, -0.2) is 0 Å². The van der Waals surface area contributed by atoms with Crippen LogP contribution in [0.25, 0.3) is 0 Å². The Bertz CT molecular complexity index is 419. The van der Waals surface area contributed by atoms with Gasteiger partial charge in [0.05, 0.1) is 12.6 Å². The summed E-state index contributed by atoms with van der Waals surface area (Å²) in [6, 6.07) is 9.31. The minimum absolute atomic E-state index is 0.195. The van der Waals surface area contributed by atoms with Gasteiger partial charge in [0.1, 0.15) is 0 Å². The van der Waals surface area contributed by atoms with Gasteiger partial charge in [-0.1, -0.05) is 32.0 Å². The van der Waals surface area contributed by atoms with Gasteiger partial charge in [0.2, 0.25) is 0 Å². The molecular formula is C16H26N2O. The number of benzene rings is 1. The van der Waals surface area contributed by atoms with Crippen molar-refractivity contribution >= 4 is 5.69 Å². The Morgan fingerprint density at radius 1 is 1.26 bits per heavy atom. The molecular weight excluding hydrogens is 236 g/mol. The highest BCUT2D eigenvalue weighted by atomic mass is 16.3. The molecule has 1 N–H and O–H groups in total. The summed E-state index contributed by atoms with van der Waals surface area (Å²) in [5, 5.41) is 9.69. The summed E-state index contributed by atoms with van der Waals surface area (Å²) in [6.07, 6.45) is 0. The number of likely N-dealkylation sites (N-methyl/N-ethyl adjacent to an activating group) is 1. The first-order valence-corrected chi connectivity index (χ1v) is 7.21. The predicted octanol–water partition coefficient (Wildman–Crippen LogP) is 2.31. The Morgan fingerprint density at radius 3 is 2.58 bits per heavy atom. The molecule has 3 heteroatoms. The lowest BCUT2D eigenvalue weighted by molar-refractivity contribution is 0.155. The van der Waals surface area contributed by atoms with E-state index in [1.807, 2.05) is 0 Å². The van der Waals surface area contributed by atoms with Gasteiger partial charge in [-0.15, -0.1) is 0 Å². The number of nitrogens with zero attached hydrogens (tertiary/aromatic N) is 2. The first-order valence-electron chi connectivity index (χ1n) is 7.21. The maximum atomic E-state index is 9.69. The molecule has 2 rings (SSSR count). The number of aliphatic hydroxyl groups is 1. The molecule has 0 bridgehead atoms. The maximum Gasteiger partial charge on any atom is 0.0648 e. The van der Waals surface area contributed by atoms with Crippen molar-refractivity contribution < 1.29 is 5.11 Å². The van der Waals surface area contributed by atoms with Crippen molar-refractivity contribution in [1.29, 1.82) is 0 Å². The highest BCUT2D eigenvalue weighted by Crippen LogP contribution is 2.30. The smallest absolute Gasteiger partial charge is 0.0648 e. The van der Waals surface area contributed by atoms with E-state index in [9.17, 15) is 5.11 Å². The van der Waals surface area contributed by atoms with E-state index in [1.54, 1.807) is 0 Å². The average molecular weight is 262 g/mol. The fraction of sp³-hybridized carbons (Fsp3) is 0.625. The van der Waals surface area contributed by atoms with Gasteiger partial charge in [-0.2, -0.15) is 0 Å². The van der Waals surface area contributed by atoms with Crippen molar-refractivity contribution in [2.75, 3.05) is 31.6 Å². The molecule has 0 aromatic heterocycles. The molecule has 1 aromatic carbocycles. The summed E-state index contributed by atoms with van der Waals surface area (Å²) < 4.78 is 0. The average Bonchev–Trinajstić information content (AvgIpc) is 2.41. The van der Waals surface area contributed by atoms with E-state index < -0.39 is 0 Å². The minimum atomic E-state index is 0.195. The molecule has 1 saturated heterocycles. The molecule has 0 aliphatic carbocycles. The summed E-state index contributed by atoms with van der Waals surface area (Å²) in [5.74, 6) is 0.505. The van der Waals surface area contributed by atoms with E-state index in [2.05, 4.69) is 61.9 Å². The van der Waals surface area contributed by atoms with Crippen LogP contribution in [0.1, 0.15) is 32.3 Å². The number of para-hydroxylation sites is 1. The zero-order chi connectivity index (χ0) is 14.0. The van der Waals surface area contributed by atoms with Gasteiger partial charge in [-0.3, -0.25) is 4.90 Å². The second-order valence-electron chi connectivity index (χ2n) is 5.99. The summed E-state index contributed by atoms with van der Waals surface area (Å²) >= 11 is 0. The van der Waals surface area contributed by atoms with Crippen LogP contribution >= 0.6 is 0 Å². The van der Waals surface area contributed by atoms with Gasteiger partial charge >= 0.3 is 0 Å². The number of hydrogen-bond donors (Lipinski definition) is 1. The third kappa shape index (κ3) is 2.93. The van der Waals surface area contributed by atoms with E-state index in [0.29, 0.717) is 12.0 Å². The van der Waals surface area contributed by atoms with Gasteiger partial charge in [0, 0.05) is 24.8 Å². The fourth-order valence-corrected chi connectivity index (χ4v) is 2.87. The Kier molecular flexibility index (Phi) is 4.48. The molecule has 0 spiro atoms. The van der Waals surface area contributed by atoms with Crippen molar-refractivity contribution in [3.8, 4) is 0 Å². The molecule has 3 nitrogen and oxygen atoms in total. The molecule has 1 aliphatic heterocycles. The molecule has 1 heterocycles. The second kappa shape index (κ2) is 5.93. The van der Waals surface area contributed by atoms with Crippen LogP contribution in [0.5, 0.6) is 0 Å². The minimum Gasteiger partial charge on any atom is -0.394 e. The van der Waals surface area contributed by atoms with Crippen LogP contribution in [-0.2, 0) is 0 Å². The fourth-order valence-electron chi connectivity index (χ4n) is 2.87. The van der Waals surface area contributed by atoms with Gasteiger partial charge < -0.3 is 10.0 Å². The zero-order valence-electron chi connectivity index (χ0n) is 12.5. The van der Waals surface area contributed by atoms with Crippen molar-refractivity contribution in [2.45, 2.75) is 38.8 Å². The van der Waals surface area contributed by atoms with E-state index in [4.69, 9.17) is 0 Å². The summed E-state index contributed by atoms with van der Waals surface area (Å²) in [5.41, 5.74) is 2.66. The number of anilines is 1. The van der Waals surface area contributed by atoms with Crippen LogP contribution in [0.3, 0.4) is 0 Å². The van der Waals surface area contributed by atoms with Gasteiger partial charge in [0.15, 0.2) is 0 Å². The molecule has 106 valence electrons. The quantitative estimate of drug-likeness (QED) is 0.905. The third-order valence-electron chi connectivity index (χ3n) is 4.23. The lowest BCUT2D eigenvalue weighted by Crippen LogP contribution is -2.57. The highest BCUT2D eigenvalue weighted by molar-refractivity contribution is 5.56. The molecule has 1 fully saturated rings. The van der Waals surface area contributed by atoms with Crippen molar-refractivity contribution in [1.82, 2.24) is 4.90 Å². The Labute approximate surface area is 116 Å². The first-order chi connectivity index (χ1) is 9.04. The highest BCUT2D eigenvalue weighted by Gasteiger charge is 2.30. The molecule has 1 aromatic rings. The summed E-state index contributed by atoms with van der Waals surface area (Å²) in [6.45, 7) is 8.82. The molecule has 2 atom stereocenters. The normalized spacial score (nSPS) is 25.1. The van der Waals surface area contributed by atoms with E-state index in [1.165, 1.54) is 11.3 Å². The molecule has 1 aliphatic rings. The number of piperazine rings is 1. The molecule has 19 heavy (non-hydrogen) atoms. The monoisotopic (exact) mass is 262 g/mol. The van der Waals surface area contributed by atoms with E-state index in [-0.39, 0.29) is 12.6 Å². The van der Waals surface area contributed by atoms with E-state index >= 15 is 0 Å². The SMILES string of the molecule is CC(C)c1ccccc1N1CC(C)N(C)CC1CO. The Hall–Kier alpha value is -1.06. The predicted molar refractivity (Wildman–Crippen MR) is 80.8 cm³/mol. The van der Waals surface area contributed by atoms with E-state index in [0.717, 1.165) is 13.1 Å². The van der Waals surface area contributed by atoms with Crippen LogP contribution in [-0.4, -0.2) is 48.8 Å². The van der Waals surface area contributed by atoms with Crippen molar-refractivity contribution in [3.05, 3.63) is 29.8 Å². The summed E-state index contributed by atoms with van der Waals surface area (Å²) in [7, 11) is 2.14. The summed E-state index contributed by atoms with van der Waals surface area (Å²) in [4.78, 5) is 4.72. The Balaban J connectivity index is 2.33. The third-order valence-corrected chi connectivity index (χ3v) is 4.23. The second-order valence-corrected chi connectivity index (χ2v) is 5.99. The lowest BCUT2D eigenvalue weighted by atomic mass is 9.98. The van der Waals surface area contributed by atoms with Crippen molar-refractivity contribution in [2.24, 2.45) is 0 Å². The topological polar surface area (TPSA) is 26.7 Å². The zero-order valence-corrected chi connectivity index (χ0v) is 12.5. The van der Waals surface area contributed by atoms with Crippen LogP contribution in [0.4, 0.5) is 5.69 Å². The number of rotatable bonds is 3. The molecule has 0 amide bonds. The number of aliphatic hydroxyl groups excluding tert-OH is 1. The molecule has 0 saturated carbocycles. The van der Waals surface area contributed by atoms with Crippen LogP contribution in [0, 0.1) is 0 Å². The Morgan fingerprint density at radius 2 is 1.95 bits per heavy atom. The molecule has 2 unspecified atom stereocenters.